The van der Waals surface area contributed by atoms with Crippen LogP contribution in [0, 0.1) is 0 Å². The van der Waals surface area contributed by atoms with Crippen LogP contribution in [0.1, 0.15) is 36.7 Å². The van der Waals surface area contributed by atoms with Crippen molar-refractivity contribution < 1.29 is 14.6 Å². The molecule has 128 valence electrons. The van der Waals surface area contributed by atoms with Crippen LogP contribution in [0.2, 0.25) is 0 Å². The summed E-state index contributed by atoms with van der Waals surface area (Å²) >= 11 is 0. The summed E-state index contributed by atoms with van der Waals surface area (Å²) in [5, 5.41) is 22.2. The van der Waals surface area contributed by atoms with E-state index in [0.29, 0.717) is 11.4 Å². The molecular weight excluding hydrogens is 320 g/mol. The highest BCUT2D eigenvalue weighted by Crippen LogP contribution is 2.26. The third kappa shape index (κ3) is 3.65. The van der Waals surface area contributed by atoms with E-state index >= 15 is 0 Å². The number of aromatic nitrogens is 4. The Morgan fingerprint density at radius 2 is 1.68 bits per heavy atom. The fourth-order valence-corrected chi connectivity index (χ4v) is 2.27. The molecule has 0 N–H and O–H groups in total. The van der Waals surface area contributed by atoms with E-state index in [1.54, 1.807) is 12.1 Å². The summed E-state index contributed by atoms with van der Waals surface area (Å²) < 4.78 is 7.13. The predicted molar refractivity (Wildman–Crippen MR) is 88.7 cm³/mol. The van der Waals surface area contributed by atoms with Crippen LogP contribution < -0.4 is 9.84 Å². The molecule has 0 fully saturated rings. The number of benzene rings is 2. The summed E-state index contributed by atoms with van der Waals surface area (Å²) in [5.41, 5.74) is 1.91. The molecule has 1 aromatic heterocycles. The number of tetrazole rings is 1. The van der Waals surface area contributed by atoms with Gasteiger partial charge in [0.05, 0.1) is 11.7 Å². The van der Waals surface area contributed by atoms with Gasteiger partial charge in [0.1, 0.15) is 5.75 Å². The highest BCUT2D eigenvalue weighted by molar-refractivity contribution is 5.85. The summed E-state index contributed by atoms with van der Waals surface area (Å²) in [6.07, 6.45) is 0. The van der Waals surface area contributed by atoms with Crippen molar-refractivity contribution in [1.82, 2.24) is 20.2 Å². The van der Waals surface area contributed by atoms with Crippen molar-refractivity contribution in [3.05, 3.63) is 59.7 Å². The lowest BCUT2D eigenvalue weighted by atomic mass is 9.87. The fraction of sp³-hybridized carbons (Fsp3) is 0.222. The second-order valence-electron chi connectivity index (χ2n) is 6.58. The first-order chi connectivity index (χ1) is 11.8. The Morgan fingerprint density at radius 1 is 1.04 bits per heavy atom. The number of hydrogen-bond donors (Lipinski definition) is 0. The van der Waals surface area contributed by atoms with Gasteiger partial charge in [0.2, 0.25) is 0 Å². The molecule has 0 aliphatic rings. The molecule has 7 nitrogen and oxygen atoms in total. The minimum Gasteiger partial charge on any atom is -0.545 e. The zero-order valence-electron chi connectivity index (χ0n) is 14.1. The first-order valence-corrected chi connectivity index (χ1v) is 7.73. The maximum absolute atomic E-state index is 10.8. The smallest absolute Gasteiger partial charge is 0.345 e. The van der Waals surface area contributed by atoms with Gasteiger partial charge in [-0.1, -0.05) is 50.1 Å². The van der Waals surface area contributed by atoms with E-state index in [0.717, 1.165) is 0 Å². The van der Waals surface area contributed by atoms with Crippen LogP contribution in [0.3, 0.4) is 0 Å². The second-order valence-corrected chi connectivity index (χ2v) is 6.58. The van der Waals surface area contributed by atoms with Crippen LogP contribution in [-0.2, 0) is 5.41 Å². The first kappa shape index (κ1) is 16.6. The quantitative estimate of drug-likeness (QED) is 0.724. The van der Waals surface area contributed by atoms with E-state index in [1.165, 1.54) is 22.4 Å². The molecule has 0 unspecified atom stereocenters. The maximum atomic E-state index is 10.8. The molecule has 3 aromatic rings. The number of carbonyl (C=O) groups excluding carboxylic acids is 1. The topological polar surface area (TPSA) is 93.0 Å². The number of carboxylic acid groups (broad SMARTS) is 1. The molecular formula is C18H17N4O3-. The van der Waals surface area contributed by atoms with Gasteiger partial charge in [-0.15, -0.1) is 0 Å². The van der Waals surface area contributed by atoms with Gasteiger partial charge in [0, 0.05) is 0 Å². The molecule has 0 radical (unpaired) electrons. The van der Waals surface area contributed by atoms with Crippen LogP contribution in [-0.4, -0.2) is 26.2 Å². The van der Waals surface area contributed by atoms with Gasteiger partial charge in [-0.05, 0) is 51.2 Å². The van der Waals surface area contributed by atoms with E-state index in [1.807, 2.05) is 24.3 Å². The molecule has 0 aliphatic carbocycles. The zero-order chi connectivity index (χ0) is 18.0. The molecule has 0 spiro atoms. The van der Waals surface area contributed by atoms with E-state index < -0.39 is 5.97 Å². The summed E-state index contributed by atoms with van der Waals surface area (Å²) in [4.78, 5) is 10.8. The van der Waals surface area contributed by atoms with E-state index in [-0.39, 0.29) is 17.0 Å². The Bertz CT molecular complexity index is 878. The molecule has 0 bridgehead atoms. The van der Waals surface area contributed by atoms with Gasteiger partial charge in [-0.3, -0.25) is 0 Å². The summed E-state index contributed by atoms with van der Waals surface area (Å²) in [7, 11) is 0. The molecule has 25 heavy (non-hydrogen) atoms. The van der Waals surface area contributed by atoms with Crippen molar-refractivity contribution in [1.29, 1.82) is 0 Å². The summed E-state index contributed by atoms with van der Waals surface area (Å²) in [5.74, 6) is -0.630. The Balaban J connectivity index is 1.83. The largest absolute Gasteiger partial charge is 0.545 e. The van der Waals surface area contributed by atoms with Crippen molar-refractivity contribution in [2.45, 2.75) is 26.2 Å². The normalized spacial score (nSPS) is 11.3. The lowest BCUT2D eigenvalue weighted by molar-refractivity contribution is -0.255. The fourth-order valence-electron chi connectivity index (χ4n) is 2.27. The van der Waals surface area contributed by atoms with Gasteiger partial charge in [-0.25, -0.2) is 0 Å². The minimum absolute atomic E-state index is 0.0564. The Morgan fingerprint density at radius 3 is 2.24 bits per heavy atom. The van der Waals surface area contributed by atoms with Crippen LogP contribution in [0.25, 0.3) is 5.69 Å². The highest BCUT2D eigenvalue weighted by atomic mass is 16.5. The van der Waals surface area contributed by atoms with E-state index in [2.05, 4.69) is 36.3 Å². The standard InChI is InChI=1S/C18H18N4O3/c1-18(2,3)13-6-10-15(11-7-13)25-17-19-20-21-22(17)14-8-4-12(5-9-14)16(23)24/h4-11H,1-3H3,(H,23,24)/p-1. The third-order valence-electron chi connectivity index (χ3n) is 3.72. The van der Waals surface area contributed by atoms with Crippen LogP contribution in [0.15, 0.2) is 48.5 Å². The number of nitrogens with zero attached hydrogens (tertiary/aromatic N) is 4. The molecule has 0 aliphatic heterocycles. The zero-order valence-corrected chi connectivity index (χ0v) is 14.1. The molecule has 0 saturated carbocycles. The molecule has 2 aromatic carbocycles. The Hall–Kier alpha value is -3.22. The second kappa shape index (κ2) is 6.35. The van der Waals surface area contributed by atoms with Crippen molar-refractivity contribution in [3.63, 3.8) is 0 Å². The molecule has 0 atom stereocenters. The lowest BCUT2D eigenvalue weighted by Crippen LogP contribution is -2.22. The molecule has 0 amide bonds. The van der Waals surface area contributed by atoms with Crippen molar-refractivity contribution >= 4 is 5.97 Å². The number of hydrogen-bond acceptors (Lipinski definition) is 6. The van der Waals surface area contributed by atoms with Gasteiger partial charge in [0.25, 0.3) is 0 Å². The first-order valence-electron chi connectivity index (χ1n) is 7.73. The minimum atomic E-state index is -1.24. The predicted octanol–water partition coefficient (Wildman–Crippen LogP) is 2.12. The van der Waals surface area contributed by atoms with Gasteiger partial charge in [0.15, 0.2) is 0 Å². The number of ether oxygens (including phenoxy) is 1. The average Bonchev–Trinajstić information content (AvgIpc) is 3.02. The van der Waals surface area contributed by atoms with Crippen molar-refractivity contribution in [3.8, 4) is 17.4 Å². The van der Waals surface area contributed by atoms with Crippen molar-refractivity contribution in [2.24, 2.45) is 0 Å². The SMILES string of the molecule is CC(C)(C)c1ccc(Oc2nnnn2-c2ccc(C(=O)[O-])cc2)cc1. The van der Waals surface area contributed by atoms with Gasteiger partial charge >= 0.3 is 6.01 Å². The summed E-state index contributed by atoms with van der Waals surface area (Å²) in [6, 6.07) is 13.9. The van der Waals surface area contributed by atoms with Gasteiger partial charge in [-0.2, -0.15) is 4.68 Å². The van der Waals surface area contributed by atoms with Gasteiger partial charge < -0.3 is 14.6 Å². The average molecular weight is 337 g/mol. The molecule has 3 rings (SSSR count). The number of rotatable bonds is 4. The lowest BCUT2D eigenvalue weighted by Gasteiger charge is -2.19. The number of carbonyl (C=O) groups is 1. The summed E-state index contributed by atoms with van der Waals surface area (Å²) in [6.45, 7) is 6.42. The third-order valence-corrected chi connectivity index (χ3v) is 3.72. The number of aromatic carboxylic acids is 1. The van der Waals surface area contributed by atoms with Crippen molar-refractivity contribution in [2.75, 3.05) is 0 Å². The van der Waals surface area contributed by atoms with Crippen LogP contribution in [0.5, 0.6) is 11.8 Å². The monoisotopic (exact) mass is 337 g/mol. The van der Waals surface area contributed by atoms with E-state index in [4.69, 9.17) is 4.74 Å². The molecule has 1 heterocycles. The van der Waals surface area contributed by atoms with E-state index in [9.17, 15) is 9.90 Å². The van der Waals surface area contributed by atoms with Crippen LogP contribution >= 0.6 is 0 Å². The Kier molecular flexibility index (Phi) is 4.22. The maximum Gasteiger partial charge on any atom is 0.345 e. The highest BCUT2D eigenvalue weighted by Gasteiger charge is 2.15. The Labute approximate surface area is 144 Å². The van der Waals surface area contributed by atoms with Crippen LogP contribution in [0.4, 0.5) is 0 Å². The molecule has 7 heteroatoms. The molecule has 0 saturated heterocycles. The number of carboxylic acids is 1.